The molecule has 2 amide bonds. The normalized spacial score (nSPS) is 16.9. The number of halogens is 3. The zero-order chi connectivity index (χ0) is 25.4. The first-order valence-corrected chi connectivity index (χ1v) is 11.4. The van der Waals surface area contributed by atoms with E-state index in [4.69, 9.17) is 0 Å². The Bertz CT molecular complexity index is 1320. The SMILES string of the molecule is C[C@@H]1CCc2nnc(-c3cccc(NC(=O)c4cc5c(cn4)CCN(C(=O)OCC(F)(F)F)C5)n3)n21. The van der Waals surface area contributed by atoms with Gasteiger partial charge in [0.1, 0.15) is 23.0 Å². The number of alkyl halides is 3. The Labute approximate surface area is 203 Å². The minimum Gasteiger partial charge on any atom is -0.440 e. The summed E-state index contributed by atoms with van der Waals surface area (Å²) in [6.07, 6.45) is -1.90. The third kappa shape index (κ3) is 4.86. The molecule has 10 nitrogen and oxygen atoms in total. The standard InChI is InChI=1S/C23H22F3N7O3/c1-13-5-6-19-30-31-20(33(13)19)16-3-2-4-18(28-16)29-21(34)17-9-15-11-32(8-7-14(15)10-27-17)22(35)36-12-23(24,25)26/h2-4,9-10,13H,5-8,11-12H2,1H3,(H,28,29,34)/t13-/m1/s1. The van der Waals surface area contributed by atoms with Crippen LogP contribution in [0.15, 0.2) is 30.5 Å². The van der Waals surface area contributed by atoms with Gasteiger partial charge in [0.15, 0.2) is 12.4 Å². The van der Waals surface area contributed by atoms with Crippen LogP contribution in [-0.4, -0.2) is 61.0 Å². The van der Waals surface area contributed by atoms with Crippen molar-refractivity contribution in [1.29, 1.82) is 0 Å². The second-order valence-electron chi connectivity index (χ2n) is 8.74. The molecule has 0 fully saturated rings. The highest BCUT2D eigenvalue weighted by molar-refractivity contribution is 6.02. The molecule has 0 aromatic carbocycles. The van der Waals surface area contributed by atoms with Crippen molar-refractivity contribution in [1.82, 2.24) is 29.6 Å². The molecule has 0 bridgehead atoms. The zero-order valence-electron chi connectivity index (χ0n) is 19.2. The van der Waals surface area contributed by atoms with E-state index in [0.717, 1.165) is 24.2 Å². The van der Waals surface area contributed by atoms with E-state index in [9.17, 15) is 22.8 Å². The van der Waals surface area contributed by atoms with Gasteiger partial charge in [0, 0.05) is 31.7 Å². The van der Waals surface area contributed by atoms with Gasteiger partial charge in [-0.3, -0.25) is 9.78 Å². The maximum Gasteiger partial charge on any atom is 0.422 e. The maximum absolute atomic E-state index is 12.9. The summed E-state index contributed by atoms with van der Waals surface area (Å²) in [6, 6.07) is 6.97. The molecular formula is C23H22F3N7O3. The van der Waals surface area contributed by atoms with E-state index in [-0.39, 0.29) is 24.8 Å². The number of hydrogen-bond acceptors (Lipinski definition) is 7. The molecule has 0 saturated heterocycles. The molecule has 0 saturated carbocycles. The predicted octanol–water partition coefficient (Wildman–Crippen LogP) is 3.55. The van der Waals surface area contributed by atoms with Crippen molar-refractivity contribution >= 4 is 17.8 Å². The number of carbonyl (C=O) groups excluding carboxylic acids is 2. The highest BCUT2D eigenvalue weighted by Crippen LogP contribution is 2.30. The van der Waals surface area contributed by atoms with Gasteiger partial charge in [-0.25, -0.2) is 9.78 Å². The Morgan fingerprint density at radius 3 is 2.83 bits per heavy atom. The number of anilines is 1. The number of ether oxygens (including phenoxy) is 1. The van der Waals surface area contributed by atoms with Crippen molar-refractivity contribution in [3.63, 3.8) is 0 Å². The van der Waals surface area contributed by atoms with Crippen LogP contribution in [0, 0.1) is 0 Å². The highest BCUT2D eigenvalue weighted by atomic mass is 19.4. The van der Waals surface area contributed by atoms with E-state index < -0.39 is 24.8 Å². The lowest BCUT2D eigenvalue weighted by Gasteiger charge is -2.28. The van der Waals surface area contributed by atoms with Gasteiger partial charge in [-0.2, -0.15) is 13.2 Å². The van der Waals surface area contributed by atoms with Gasteiger partial charge in [0.05, 0.1) is 0 Å². The molecule has 5 rings (SSSR count). The summed E-state index contributed by atoms with van der Waals surface area (Å²) in [7, 11) is 0. The molecule has 1 atom stereocenters. The summed E-state index contributed by atoms with van der Waals surface area (Å²) in [5, 5.41) is 11.2. The van der Waals surface area contributed by atoms with E-state index >= 15 is 0 Å². The number of pyridine rings is 2. The molecule has 0 spiro atoms. The Morgan fingerprint density at radius 1 is 1.19 bits per heavy atom. The second-order valence-corrected chi connectivity index (χ2v) is 8.74. The molecule has 3 aromatic heterocycles. The van der Waals surface area contributed by atoms with Crippen LogP contribution in [0.2, 0.25) is 0 Å². The molecule has 2 aliphatic rings. The molecule has 0 aliphatic carbocycles. The average molecular weight is 501 g/mol. The Kier molecular flexibility index (Phi) is 6.06. The van der Waals surface area contributed by atoms with Gasteiger partial charge < -0.3 is 19.5 Å². The summed E-state index contributed by atoms with van der Waals surface area (Å²) in [5.74, 6) is 1.33. The Morgan fingerprint density at radius 2 is 2.03 bits per heavy atom. The van der Waals surface area contributed by atoms with Crippen LogP contribution in [0.4, 0.5) is 23.8 Å². The monoisotopic (exact) mass is 501 g/mol. The van der Waals surface area contributed by atoms with Crippen molar-refractivity contribution in [2.45, 2.75) is 44.9 Å². The first-order chi connectivity index (χ1) is 17.2. The summed E-state index contributed by atoms with van der Waals surface area (Å²) in [6.45, 7) is 0.646. The van der Waals surface area contributed by atoms with E-state index in [1.807, 2.05) is 4.57 Å². The van der Waals surface area contributed by atoms with E-state index in [1.165, 1.54) is 17.2 Å². The van der Waals surface area contributed by atoms with Gasteiger partial charge in [0.2, 0.25) is 0 Å². The first-order valence-electron chi connectivity index (χ1n) is 11.4. The van der Waals surface area contributed by atoms with Crippen LogP contribution in [0.25, 0.3) is 11.5 Å². The molecule has 3 aromatic rings. The van der Waals surface area contributed by atoms with Gasteiger partial charge in [-0.05, 0) is 49.1 Å². The maximum atomic E-state index is 12.9. The van der Waals surface area contributed by atoms with E-state index in [0.29, 0.717) is 29.3 Å². The van der Waals surface area contributed by atoms with Crippen molar-refractivity contribution in [2.24, 2.45) is 0 Å². The van der Waals surface area contributed by atoms with Crippen molar-refractivity contribution in [3.05, 3.63) is 53.1 Å². The Hall–Kier alpha value is -4.03. The molecule has 0 radical (unpaired) electrons. The molecule has 36 heavy (non-hydrogen) atoms. The van der Waals surface area contributed by atoms with Crippen molar-refractivity contribution in [2.75, 3.05) is 18.5 Å². The first kappa shape index (κ1) is 23.7. The summed E-state index contributed by atoms with van der Waals surface area (Å²) in [4.78, 5) is 34.8. The number of aryl methyl sites for hydroxylation is 1. The molecule has 5 heterocycles. The second kappa shape index (κ2) is 9.21. The van der Waals surface area contributed by atoms with Gasteiger partial charge in [-0.15, -0.1) is 10.2 Å². The minimum atomic E-state index is -4.60. The molecule has 13 heteroatoms. The number of aromatic nitrogens is 5. The highest BCUT2D eigenvalue weighted by Gasteiger charge is 2.32. The number of amides is 2. The summed E-state index contributed by atoms with van der Waals surface area (Å²) in [5.41, 5.74) is 2.08. The van der Waals surface area contributed by atoms with Gasteiger partial charge in [0.25, 0.3) is 5.91 Å². The number of carbonyl (C=O) groups is 2. The number of nitrogens with zero attached hydrogens (tertiary/aromatic N) is 6. The van der Waals surface area contributed by atoms with Crippen LogP contribution in [0.1, 0.15) is 46.8 Å². The van der Waals surface area contributed by atoms with Crippen LogP contribution in [0.5, 0.6) is 0 Å². The van der Waals surface area contributed by atoms with Gasteiger partial charge >= 0.3 is 12.3 Å². The van der Waals surface area contributed by atoms with E-state index in [1.54, 1.807) is 18.2 Å². The Balaban J connectivity index is 1.29. The predicted molar refractivity (Wildman–Crippen MR) is 120 cm³/mol. The molecule has 0 unspecified atom stereocenters. The summed E-state index contributed by atoms with van der Waals surface area (Å²) >= 11 is 0. The quantitative estimate of drug-likeness (QED) is 0.581. The number of nitrogens with one attached hydrogen (secondary N) is 1. The zero-order valence-corrected chi connectivity index (χ0v) is 19.2. The molecule has 188 valence electrons. The lowest BCUT2D eigenvalue weighted by atomic mass is 10.0. The molecule has 1 N–H and O–H groups in total. The fourth-order valence-corrected chi connectivity index (χ4v) is 4.36. The van der Waals surface area contributed by atoms with Crippen LogP contribution in [-0.2, 0) is 24.1 Å². The lowest BCUT2D eigenvalue weighted by molar-refractivity contribution is -0.162. The van der Waals surface area contributed by atoms with Crippen LogP contribution in [0.3, 0.4) is 0 Å². The van der Waals surface area contributed by atoms with Crippen LogP contribution >= 0.6 is 0 Å². The fraction of sp³-hybridized carbons (Fsp3) is 0.391. The lowest BCUT2D eigenvalue weighted by Crippen LogP contribution is -2.38. The number of fused-ring (bicyclic) bond motifs is 2. The average Bonchev–Trinajstić information content (AvgIpc) is 3.44. The van der Waals surface area contributed by atoms with Crippen LogP contribution < -0.4 is 5.32 Å². The third-order valence-corrected chi connectivity index (χ3v) is 6.16. The number of hydrogen-bond donors (Lipinski definition) is 1. The van der Waals surface area contributed by atoms with Crippen molar-refractivity contribution < 1.29 is 27.5 Å². The molecule has 2 aliphatic heterocycles. The molecular weight excluding hydrogens is 479 g/mol. The fourth-order valence-electron chi connectivity index (χ4n) is 4.36. The topological polar surface area (TPSA) is 115 Å². The van der Waals surface area contributed by atoms with E-state index in [2.05, 4.69) is 37.1 Å². The largest absolute Gasteiger partial charge is 0.440 e. The van der Waals surface area contributed by atoms with Gasteiger partial charge in [-0.1, -0.05) is 6.07 Å². The number of rotatable bonds is 4. The van der Waals surface area contributed by atoms with Crippen molar-refractivity contribution in [3.8, 4) is 11.5 Å². The smallest absolute Gasteiger partial charge is 0.422 e. The third-order valence-electron chi connectivity index (χ3n) is 6.16. The minimum absolute atomic E-state index is 0.0126. The summed E-state index contributed by atoms with van der Waals surface area (Å²) < 4.78 is 43.5.